The van der Waals surface area contributed by atoms with Gasteiger partial charge in [0.05, 0.1) is 5.41 Å². The quantitative estimate of drug-likeness (QED) is 0.281. The van der Waals surface area contributed by atoms with E-state index in [4.69, 9.17) is 22.5 Å². The minimum Gasteiger partial charge on any atom is -0.409 e. The third-order valence-corrected chi connectivity index (χ3v) is 3.35. The van der Waals surface area contributed by atoms with Crippen LogP contribution in [0.5, 0.6) is 0 Å². The molecule has 0 aliphatic carbocycles. The molecule has 5 heteroatoms. The Bertz CT molecular complexity index is 389. The van der Waals surface area contributed by atoms with Gasteiger partial charge in [-0.15, -0.1) is 0 Å². The molecular formula is C11H16ClN3O. The second-order valence-corrected chi connectivity index (χ2v) is 4.60. The number of nitrogens with zero attached hydrogens (tertiary/aromatic N) is 2. The number of halogens is 1. The van der Waals surface area contributed by atoms with E-state index in [1.165, 1.54) is 0 Å². The SMILES string of the molecule is CC(C)[C@@](C)(/C(N)=N/O)c1ccc(Cl)nc1. The van der Waals surface area contributed by atoms with Crippen molar-refractivity contribution < 1.29 is 5.21 Å². The van der Waals surface area contributed by atoms with Crippen LogP contribution < -0.4 is 5.73 Å². The van der Waals surface area contributed by atoms with Gasteiger partial charge in [0.15, 0.2) is 0 Å². The molecule has 0 unspecified atom stereocenters. The number of aromatic nitrogens is 1. The van der Waals surface area contributed by atoms with Gasteiger partial charge in [-0.3, -0.25) is 0 Å². The van der Waals surface area contributed by atoms with Crippen LogP contribution in [-0.2, 0) is 5.41 Å². The zero-order chi connectivity index (χ0) is 12.3. The van der Waals surface area contributed by atoms with Crippen molar-refractivity contribution in [1.82, 2.24) is 4.98 Å². The smallest absolute Gasteiger partial charge is 0.149 e. The first-order valence-electron chi connectivity index (χ1n) is 5.03. The zero-order valence-electron chi connectivity index (χ0n) is 9.61. The van der Waals surface area contributed by atoms with Crippen molar-refractivity contribution in [3.63, 3.8) is 0 Å². The Morgan fingerprint density at radius 2 is 2.19 bits per heavy atom. The first kappa shape index (κ1) is 12.8. The average Bonchev–Trinajstić information content (AvgIpc) is 2.27. The fourth-order valence-electron chi connectivity index (χ4n) is 1.56. The largest absolute Gasteiger partial charge is 0.409 e. The van der Waals surface area contributed by atoms with Crippen LogP contribution in [0.2, 0.25) is 5.15 Å². The average molecular weight is 242 g/mol. The summed E-state index contributed by atoms with van der Waals surface area (Å²) in [5.74, 6) is 0.345. The van der Waals surface area contributed by atoms with Gasteiger partial charge < -0.3 is 10.9 Å². The first-order valence-corrected chi connectivity index (χ1v) is 5.40. The molecule has 0 fully saturated rings. The van der Waals surface area contributed by atoms with E-state index in [1.807, 2.05) is 26.8 Å². The van der Waals surface area contributed by atoms with Gasteiger partial charge >= 0.3 is 0 Å². The maximum Gasteiger partial charge on any atom is 0.149 e. The third kappa shape index (κ3) is 2.11. The Morgan fingerprint density at radius 3 is 2.56 bits per heavy atom. The van der Waals surface area contributed by atoms with Crippen molar-refractivity contribution in [1.29, 1.82) is 0 Å². The van der Waals surface area contributed by atoms with Gasteiger partial charge in [0, 0.05) is 6.20 Å². The van der Waals surface area contributed by atoms with E-state index >= 15 is 0 Å². The summed E-state index contributed by atoms with van der Waals surface area (Å²) in [6.45, 7) is 5.93. The normalized spacial score (nSPS) is 16.2. The summed E-state index contributed by atoms with van der Waals surface area (Å²) in [4.78, 5) is 4.02. The van der Waals surface area contributed by atoms with Crippen LogP contribution in [0.15, 0.2) is 23.5 Å². The molecule has 0 saturated carbocycles. The molecule has 1 heterocycles. The monoisotopic (exact) mass is 241 g/mol. The van der Waals surface area contributed by atoms with Crippen LogP contribution in [0.25, 0.3) is 0 Å². The molecule has 16 heavy (non-hydrogen) atoms. The maximum absolute atomic E-state index is 8.85. The van der Waals surface area contributed by atoms with Gasteiger partial charge in [0.1, 0.15) is 11.0 Å². The lowest BCUT2D eigenvalue weighted by Gasteiger charge is -2.32. The molecule has 1 rings (SSSR count). The van der Waals surface area contributed by atoms with Crippen molar-refractivity contribution >= 4 is 17.4 Å². The Balaban J connectivity index is 3.27. The second kappa shape index (κ2) is 4.70. The summed E-state index contributed by atoms with van der Waals surface area (Å²) in [7, 11) is 0. The Labute approximate surface area is 100 Å². The van der Waals surface area contributed by atoms with E-state index in [0.29, 0.717) is 5.15 Å². The topological polar surface area (TPSA) is 71.5 Å². The first-order chi connectivity index (χ1) is 7.42. The molecule has 4 nitrogen and oxygen atoms in total. The minimum atomic E-state index is -0.549. The van der Waals surface area contributed by atoms with Crippen LogP contribution in [0, 0.1) is 5.92 Å². The van der Waals surface area contributed by atoms with Crippen molar-refractivity contribution in [3.05, 3.63) is 29.0 Å². The van der Waals surface area contributed by atoms with Gasteiger partial charge in [-0.05, 0) is 24.5 Å². The predicted molar refractivity (Wildman–Crippen MR) is 64.8 cm³/mol. The lowest BCUT2D eigenvalue weighted by Crippen LogP contribution is -2.43. The summed E-state index contributed by atoms with van der Waals surface area (Å²) in [5.41, 5.74) is 6.09. The number of pyridine rings is 1. The van der Waals surface area contributed by atoms with Crippen molar-refractivity contribution in [2.75, 3.05) is 0 Å². The van der Waals surface area contributed by atoms with E-state index in [0.717, 1.165) is 5.56 Å². The summed E-state index contributed by atoms with van der Waals surface area (Å²) in [6.07, 6.45) is 1.65. The molecule has 0 saturated heterocycles. The maximum atomic E-state index is 8.85. The lowest BCUT2D eigenvalue weighted by molar-refractivity contribution is 0.306. The van der Waals surface area contributed by atoms with Gasteiger partial charge in [0.25, 0.3) is 0 Å². The molecule has 1 aromatic heterocycles. The molecule has 0 aliphatic heterocycles. The van der Waals surface area contributed by atoms with Crippen LogP contribution in [0.3, 0.4) is 0 Å². The molecule has 0 spiro atoms. The molecular weight excluding hydrogens is 226 g/mol. The highest BCUT2D eigenvalue weighted by molar-refractivity contribution is 6.29. The second-order valence-electron chi connectivity index (χ2n) is 4.21. The molecule has 0 radical (unpaired) electrons. The number of rotatable bonds is 3. The number of nitrogens with two attached hydrogens (primary N) is 1. The standard InChI is InChI=1S/C11H16ClN3O/c1-7(2)11(3,10(13)15-16)8-4-5-9(12)14-6-8/h4-7,16H,1-3H3,(H2,13,15)/t11-/m1/s1. The molecule has 3 N–H and O–H groups in total. The number of hydrogen-bond acceptors (Lipinski definition) is 3. The van der Waals surface area contributed by atoms with Gasteiger partial charge in [-0.1, -0.05) is 36.7 Å². The van der Waals surface area contributed by atoms with E-state index in [1.54, 1.807) is 12.3 Å². The number of amidine groups is 1. The van der Waals surface area contributed by atoms with E-state index in [2.05, 4.69) is 10.1 Å². The van der Waals surface area contributed by atoms with Crippen LogP contribution in [0.1, 0.15) is 26.3 Å². The number of oxime groups is 1. The van der Waals surface area contributed by atoms with Gasteiger partial charge in [-0.2, -0.15) is 0 Å². The summed E-state index contributed by atoms with van der Waals surface area (Å²) >= 11 is 5.73. The Kier molecular flexibility index (Phi) is 3.75. The molecule has 0 aromatic carbocycles. The molecule has 0 amide bonds. The number of hydrogen-bond donors (Lipinski definition) is 2. The van der Waals surface area contributed by atoms with Crippen LogP contribution in [-0.4, -0.2) is 16.0 Å². The van der Waals surface area contributed by atoms with Crippen molar-refractivity contribution in [2.24, 2.45) is 16.8 Å². The predicted octanol–water partition coefficient (Wildman–Crippen LogP) is 2.40. The third-order valence-electron chi connectivity index (χ3n) is 3.12. The molecule has 0 bridgehead atoms. The van der Waals surface area contributed by atoms with E-state index < -0.39 is 5.41 Å². The highest BCUT2D eigenvalue weighted by atomic mass is 35.5. The summed E-state index contributed by atoms with van der Waals surface area (Å²) in [5, 5.41) is 12.4. The zero-order valence-corrected chi connectivity index (χ0v) is 10.4. The lowest BCUT2D eigenvalue weighted by atomic mass is 9.73. The van der Waals surface area contributed by atoms with Crippen LogP contribution >= 0.6 is 11.6 Å². The summed E-state index contributed by atoms with van der Waals surface area (Å²) < 4.78 is 0. The van der Waals surface area contributed by atoms with E-state index in [9.17, 15) is 0 Å². The Hall–Kier alpha value is -1.29. The van der Waals surface area contributed by atoms with Gasteiger partial charge in [0.2, 0.25) is 0 Å². The minimum absolute atomic E-state index is 0.173. The fraction of sp³-hybridized carbons (Fsp3) is 0.455. The fourth-order valence-corrected chi connectivity index (χ4v) is 1.68. The van der Waals surface area contributed by atoms with E-state index in [-0.39, 0.29) is 11.8 Å². The highest BCUT2D eigenvalue weighted by Crippen LogP contribution is 2.32. The van der Waals surface area contributed by atoms with Crippen LogP contribution in [0.4, 0.5) is 0 Å². The van der Waals surface area contributed by atoms with Gasteiger partial charge in [-0.25, -0.2) is 4.98 Å². The van der Waals surface area contributed by atoms with Crippen molar-refractivity contribution in [2.45, 2.75) is 26.2 Å². The molecule has 1 aromatic rings. The Morgan fingerprint density at radius 1 is 1.56 bits per heavy atom. The van der Waals surface area contributed by atoms with Crippen molar-refractivity contribution in [3.8, 4) is 0 Å². The molecule has 0 aliphatic rings. The summed E-state index contributed by atoms with van der Waals surface area (Å²) in [6, 6.07) is 3.54. The highest BCUT2D eigenvalue weighted by Gasteiger charge is 2.35. The molecule has 88 valence electrons. The molecule has 1 atom stereocenters.